The molecule has 0 bridgehead atoms. The maximum Gasteiger partial charge on any atom is 0.0773 e. The van der Waals surface area contributed by atoms with Gasteiger partial charge in [-0.1, -0.05) is 30.3 Å². The first-order chi connectivity index (χ1) is 5.34. The first kappa shape index (κ1) is 7.49. The Morgan fingerprint density at radius 1 is 1.36 bits per heavy atom. The topological polar surface area (TPSA) is 47.6 Å². The van der Waals surface area contributed by atoms with Crippen LogP contribution in [-0.4, -0.2) is 5.71 Å². The summed E-state index contributed by atoms with van der Waals surface area (Å²) >= 11 is 0. The molecule has 0 heterocycles. The van der Waals surface area contributed by atoms with Crippen LogP contribution in [0.3, 0.4) is 0 Å². The van der Waals surface area contributed by atoms with E-state index in [1.54, 1.807) is 0 Å². The molecule has 0 atom stereocenters. The normalized spacial score (nSPS) is 8.64. The lowest BCUT2D eigenvalue weighted by Crippen LogP contribution is -1.95. The fraction of sp³-hybridized carbons (Fsp3) is 0.111. The van der Waals surface area contributed by atoms with Crippen molar-refractivity contribution in [1.29, 1.82) is 10.7 Å². The molecule has 11 heavy (non-hydrogen) atoms. The molecular weight excluding hydrogens is 136 g/mol. The van der Waals surface area contributed by atoms with Crippen LogP contribution < -0.4 is 0 Å². The van der Waals surface area contributed by atoms with E-state index in [9.17, 15) is 0 Å². The number of rotatable bonds is 2. The molecule has 0 amide bonds. The first-order valence-electron chi connectivity index (χ1n) is 3.34. The largest absolute Gasteiger partial charge is 0.304 e. The summed E-state index contributed by atoms with van der Waals surface area (Å²) in [5.74, 6) is 0. The highest BCUT2D eigenvalue weighted by Gasteiger charge is 1.96. The number of hydrogen-bond acceptors (Lipinski definition) is 2. The van der Waals surface area contributed by atoms with E-state index < -0.39 is 0 Å². The second-order valence-electron chi connectivity index (χ2n) is 2.18. The molecule has 0 aliphatic carbocycles. The summed E-state index contributed by atoms with van der Waals surface area (Å²) in [5.41, 5.74) is 1.21. The average molecular weight is 144 g/mol. The molecule has 0 aliphatic heterocycles. The smallest absolute Gasteiger partial charge is 0.0773 e. The van der Waals surface area contributed by atoms with Crippen LogP contribution >= 0.6 is 0 Å². The summed E-state index contributed by atoms with van der Waals surface area (Å²) in [4.78, 5) is 0. The predicted octanol–water partition coefficient (Wildman–Crippen LogP) is 1.97. The molecule has 1 N–H and O–H groups in total. The molecule has 0 spiro atoms. The molecule has 0 fully saturated rings. The Labute approximate surface area is 65.6 Å². The van der Waals surface area contributed by atoms with Crippen molar-refractivity contribution in [3.63, 3.8) is 0 Å². The van der Waals surface area contributed by atoms with Gasteiger partial charge in [0, 0.05) is 0 Å². The van der Waals surface area contributed by atoms with E-state index in [0.29, 0.717) is 5.71 Å². The van der Waals surface area contributed by atoms with Crippen LogP contribution in [0.2, 0.25) is 0 Å². The van der Waals surface area contributed by atoms with Gasteiger partial charge >= 0.3 is 0 Å². The van der Waals surface area contributed by atoms with Crippen molar-refractivity contribution in [3.05, 3.63) is 35.9 Å². The molecule has 1 rings (SSSR count). The van der Waals surface area contributed by atoms with Gasteiger partial charge in [-0.15, -0.1) is 0 Å². The van der Waals surface area contributed by atoms with Gasteiger partial charge in [0.2, 0.25) is 0 Å². The Morgan fingerprint density at radius 2 is 2.00 bits per heavy atom. The Bertz CT molecular complexity index is 282. The van der Waals surface area contributed by atoms with Crippen LogP contribution in [0.25, 0.3) is 0 Å². The maximum atomic E-state index is 8.31. The minimum atomic E-state index is 0.185. The van der Waals surface area contributed by atoms with Crippen molar-refractivity contribution in [1.82, 2.24) is 0 Å². The number of nitriles is 1. The van der Waals surface area contributed by atoms with Crippen LogP contribution in [0, 0.1) is 16.7 Å². The van der Waals surface area contributed by atoms with Crippen LogP contribution in [0.4, 0.5) is 0 Å². The van der Waals surface area contributed by atoms with E-state index in [-0.39, 0.29) is 6.42 Å². The van der Waals surface area contributed by atoms with E-state index in [0.717, 1.165) is 5.56 Å². The molecule has 1 aromatic carbocycles. The van der Waals surface area contributed by atoms with E-state index >= 15 is 0 Å². The second-order valence-corrected chi connectivity index (χ2v) is 2.18. The van der Waals surface area contributed by atoms with Gasteiger partial charge in [-0.05, 0) is 5.56 Å². The number of benzene rings is 1. The molecule has 0 saturated heterocycles. The highest BCUT2D eigenvalue weighted by Crippen LogP contribution is 2.01. The summed E-state index contributed by atoms with van der Waals surface area (Å²) in [6.07, 6.45) is 0.185. The summed E-state index contributed by atoms with van der Waals surface area (Å²) in [7, 11) is 0. The van der Waals surface area contributed by atoms with Crippen LogP contribution in [-0.2, 0) is 0 Å². The molecule has 2 heteroatoms. The van der Waals surface area contributed by atoms with Gasteiger partial charge < -0.3 is 5.41 Å². The SMILES string of the molecule is N#CCC(=N)c1ccccc1. The van der Waals surface area contributed by atoms with Gasteiger partial charge in [0.1, 0.15) is 0 Å². The quantitative estimate of drug-likeness (QED) is 0.634. The zero-order valence-electron chi connectivity index (χ0n) is 6.04. The molecule has 2 nitrogen and oxygen atoms in total. The monoisotopic (exact) mass is 144 g/mol. The third kappa shape index (κ3) is 1.91. The highest BCUT2D eigenvalue weighted by molar-refractivity contribution is 5.99. The molecule has 54 valence electrons. The molecule has 0 aromatic heterocycles. The molecule has 0 aliphatic rings. The third-order valence-corrected chi connectivity index (χ3v) is 1.38. The summed E-state index contributed by atoms with van der Waals surface area (Å²) in [6, 6.07) is 11.2. The molecule has 0 unspecified atom stereocenters. The highest BCUT2D eigenvalue weighted by atomic mass is 14.4. The van der Waals surface area contributed by atoms with Crippen molar-refractivity contribution in [2.24, 2.45) is 0 Å². The zero-order valence-corrected chi connectivity index (χ0v) is 6.04. The lowest BCUT2D eigenvalue weighted by atomic mass is 10.1. The predicted molar refractivity (Wildman–Crippen MR) is 43.5 cm³/mol. The molecule has 0 radical (unpaired) electrons. The zero-order chi connectivity index (χ0) is 8.10. The minimum absolute atomic E-state index is 0.185. The second kappa shape index (κ2) is 3.52. The van der Waals surface area contributed by atoms with E-state index in [1.165, 1.54) is 0 Å². The van der Waals surface area contributed by atoms with E-state index in [4.69, 9.17) is 10.7 Å². The van der Waals surface area contributed by atoms with Gasteiger partial charge in [0.15, 0.2) is 0 Å². The molecule has 1 aromatic rings. The third-order valence-electron chi connectivity index (χ3n) is 1.38. The minimum Gasteiger partial charge on any atom is -0.304 e. The number of nitrogens with one attached hydrogen (secondary N) is 1. The maximum absolute atomic E-state index is 8.31. The van der Waals surface area contributed by atoms with Gasteiger partial charge in [0.05, 0.1) is 18.2 Å². The van der Waals surface area contributed by atoms with Crippen molar-refractivity contribution in [3.8, 4) is 6.07 Å². The summed E-state index contributed by atoms with van der Waals surface area (Å²) < 4.78 is 0. The Balaban J connectivity index is 2.79. The van der Waals surface area contributed by atoms with Crippen LogP contribution in [0.1, 0.15) is 12.0 Å². The van der Waals surface area contributed by atoms with Crippen molar-refractivity contribution < 1.29 is 0 Å². The fourth-order valence-electron chi connectivity index (χ4n) is 0.820. The molecule has 0 saturated carbocycles. The lowest BCUT2D eigenvalue weighted by molar-refractivity contribution is 1.34. The summed E-state index contributed by atoms with van der Waals surface area (Å²) in [5, 5.41) is 15.7. The average Bonchev–Trinajstić information content (AvgIpc) is 2.07. The molecular formula is C9H8N2. The van der Waals surface area contributed by atoms with Gasteiger partial charge in [-0.3, -0.25) is 0 Å². The van der Waals surface area contributed by atoms with Gasteiger partial charge in [-0.25, -0.2) is 0 Å². The van der Waals surface area contributed by atoms with E-state index in [1.807, 2.05) is 36.4 Å². The Hall–Kier alpha value is -1.62. The van der Waals surface area contributed by atoms with Crippen molar-refractivity contribution in [2.75, 3.05) is 0 Å². The first-order valence-corrected chi connectivity index (χ1v) is 3.34. The Kier molecular flexibility index (Phi) is 2.40. The fourth-order valence-corrected chi connectivity index (χ4v) is 0.820. The van der Waals surface area contributed by atoms with Gasteiger partial charge in [-0.2, -0.15) is 5.26 Å². The van der Waals surface area contributed by atoms with Gasteiger partial charge in [0.25, 0.3) is 0 Å². The summed E-state index contributed by atoms with van der Waals surface area (Å²) in [6.45, 7) is 0. The Morgan fingerprint density at radius 3 is 2.55 bits per heavy atom. The lowest BCUT2D eigenvalue weighted by Gasteiger charge is -1.96. The standard InChI is InChI=1S/C9H8N2/c10-7-6-9(11)8-4-2-1-3-5-8/h1-5,11H,6H2. The van der Waals surface area contributed by atoms with Crippen LogP contribution in [0.5, 0.6) is 0 Å². The van der Waals surface area contributed by atoms with Crippen molar-refractivity contribution >= 4 is 5.71 Å². The number of hydrogen-bond donors (Lipinski definition) is 1. The number of nitrogens with zero attached hydrogens (tertiary/aromatic N) is 1. The van der Waals surface area contributed by atoms with Crippen molar-refractivity contribution in [2.45, 2.75) is 6.42 Å². The van der Waals surface area contributed by atoms with Crippen LogP contribution in [0.15, 0.2) is 30.3 Å². The van der Waals surface area contributed by atoms with E-state index in [2.05, 4.69) is 0 Å².